The summed E-state index contributed by atoms with van der Waals surface area (Å²) in [6, 6.07) is 8.43. The van der Waals surface area contributed by atoms with Gasteiger partial charge in [0.05, 0.1) is 13.0 Å². The van der Waals surface area contributed by atoms with E-state index >= 15 is 0 Å². The smallest absolute Gasteiger partial charge is 0.307 e. The van der Waals surface area contributed by atoms with Crippen molar-refractivity contribution in [2.75, 3.05) is 6.61 Å². The van der Waals surface area contributed by atoms with Crippen LogP contribution in [0.5, 0.6) is 0 Å². The van der Waals surface area contributed by atoms with Crippen molar-refractivity contribution in [2.24, 2.45) is 0 Å². The van der Waals surface area contributed by atoms with Crippen molar-refractivity contribution in [1.29, 1.82) is 0 Å². The highest BCUT2D eigenvalue weighted by Crippen LogP contribution is 2.32. The SMILES string of the molecule is CCCCOC(=O)CC1NC(C)(C)Cc2ccccc21. The monoisotopic (exact) mass is 275 g/mol. The first kappa shape index (κ1) is 15.0. The van der Waals surface area contributed by atoms with Crippen molar-refractivity contribution < 1.29 is 9.53 Å². The molecular formula is C17H25NO2. The molecule has 0 aliphatic carbocycles. The van der Waals surface area contributed by atoms with E-state index in [0.717, 1.165) is 19.3 Å². The van der Waals surface area contributed by atoms with Crippen LogP contribution in [0.1, 0.15) is 57.2 Å². The average Bonchev–Trinajstić information content (AvgIpc) is 2.37. The Labute approximate surface area is 121 Å². The largest absolute Gasteiger partial charge is 0.466 e. The lowest BCUT2D eigenvalue weighted by Crippen LogP contribution is -2.48. The Morgan fingerprint density at radius 3 is 2.90 bits per heavy atom. The Hall–Kier alpha value is -1.35. The number of carbonyl (C=O) groups is 1. The van der Waals surface area contributed by atoms with Gasteiger partial charge in [-0.3, -0.25) is 4.79 Å². The maximum absolute atomic E-state index is 11.9. The summed E-state index contributed by atoms with van der Waals surface area (Å²) < 4.78 is 5.29. The van der Waals surface area contributed by atoms with E-state index < -0.39 is 0 Å². The third kappa shape index (κ3) is 3.83. The minimum Gasteiger partial charge on any atom is -0.466 e. The van der Waals surface area contributed by atoms with E-state index in [2.05, 4.69) is 44.3 Å². The molecule has 1 N–H and O–H groups in total. The lowest BCUT2D eigenvalue weighted by molar-refractivity contribution is -0.144. The molecule has 0 aromatic heterocycles. The first-order chi connectivity index (χ1) is 9.52. The zero-order valence-corrected chi connectivity index (χ0v) is 12.7. The zero-order valence-electron chi connectivity index (χ0n) is 12.7. The second-order valence-electron chi connectivity index (χ2n) is 6.23. The predicted octanol–water partition coefficient (Wildman–Crippen LogP) is 3.39. The molecular weight excluding hydrogens is 250 g/mol. The van der Waals surface area contributed by atoms with E-state index in [0.29, 0.717) is 13.0 Å². The van der Waals surface area contributed by atoms with Crippen LogP contribution in [0, 0.1) is 0 Å². The summed E-state index contributed by atoms with van der Waals surface area (Å²) in [5, 5.41) is 3.57. The lowest BCUT2D eigenvalue weighted by atomic mass is 9.83. The van der Waals surface area contributed by atoms with Gasteiger partial charge in [0, 0.05) is 11.6 Å². The molecule has 1 aliphatic heterocycles. The van der Waals surface area contributed by atoms with E-state index in [1.165, 1.54) is 11.1 Å². The van der Waals surface area contributed by atoms with Crippen molar-refractivity contribution in [3.05, 3.63) is 35.4 Å². The standard InChI is InChI=1S/C17H25NO2/c1-4-5-10-20-16(19)11-15-14-9-7-6-8-13(14)12-17(2,3)18-15/h6-9,15,18H,4-5,10-12H2,1-3H3. The number of hydrogen-bond acceptors (Lipinski definition) is 3. The Kier molecular flexibility index (Phi) is 4.81. The number of fused-ring (bicyclic) bond motifs is 1. The van der Waals surface area contributed by atoms with E-state index in [-0.39, 0.29) is 17.6 Å². The number of carbonyl (C=O) groups excluding carboxylic acids is 1. The Balaban J connectivity index is 2.05. The Morgan fingerprint density at radius 2 is 2.15 bits per heavy atom. The molecule has 0 saturated carbocycles. The van der Waals surface area contributed by atoms with Gasteiger partial charge in [0.2, 0.25) is 0 Å². The minimum atomic E-state index is -0.108. The molecule has 2 rings (SSSR count). The van der Waals surface area contributed by atoms with Crippen LogP contribution >= 0.6 is 0 Å². The predicted molar refractivity (Wildman–Crippen MR) is 80.6 cm³/mol. The van der Waals surface area contributed by atoms with Crippen LogP contribution in [-0.2, 0) is 16.0 Å². The number of esters is 1. The molecule has 1 aliphatic rings. The molecule has 1 heterocycles. The molecule has 0 spiro atoms. The van der Waals surface area contributed by atoms with Crippen LogP contribution in [0.4, 0.5) is 0 Å². The van der Waals surface area contributed by atoms with Crippen LogP contribution in [-0.4, -0.2) is 18.1 Å². The first-order valence-electron chi connectivity index (χ1n) is 7.53. The van der Waals surface area contributed by atoms with E-state index in [4.69, 9.17) is 4.74 Å². The Morgan fingerprint density at radius 1 is 1.40 bits per heavy atom. The van der Waals surface area contributed by atoms with Crippen molar-refractivity contribution in [3.63, 3.8) is 0 Å². The molecule has 3 nitrogen and oxygen atoms in total. The molecule has 1 aromatic rings. The summed E-state index contributed by atoms with van der Waals surface area (Å²) in [6.07, 6.45) is 3.38. The summed E-state index contributed by atoms with van der Waals surface area (Å²) in [4.78, 5) is 11.9. The number of benzene rings is 1. The number of ether oxygens (including phenoxy) is 1. The summed E-state index contributed by atoms with van der Waals surface area (Å²) >= 11 is 0. The molecule has 1 unspecified atom stereocenters. The van der Waals surface area contributed by atoms with Crippen LogP contribution in [0.15, 0.2) is 24.3 Å². The van der Waals surface area contributed by atoms with Gasteiger partial charge in [0.1, 0.15) is 0 Å². The molecule has 3 heteroatoms. The van der Waals surface area contributed by atoms with Crippen molar-refractivity contribution in [1.82, 2.24) is 5.32 Å². The van der Waals surface area contributed by atoms with Crippen LogP contribution in [0.25, 0.3) is 0 Å². The summed E-state index contributed by atoms with van der Waals surface area (Å²) in [7, 11) is 0. The van der Waals surface area contributed by atoms with Gasteiger partial charge in [0.15, 0.2) is 0 Å². The van der Waals surface area contributed by atoms with E-state index in [9.17, 15) is 4.79 Å². The maximum Gasteiger partial charge on any atom is 0.307 e. The summed E-state index contributed by atoms with van der Waals surface area (Å²) in [5.41, 5.74) is 2.59. The van der Waals surface area contributed by atoms with Gasteiger partial charge < -0.3 is 10.1 Å². The topological polar surface area (TPSA) is 38.3 Å². The quantitative estimate of drug-likeness (QED) is 0.661. The van der Waals surface area contributed by atoms with Crippen molar-refractivity contribution >= 4 is 5.97 Å². The lowest BCUT2D eigenvalue weighted by Gasteiger charge is -2.38. The first-order valence-corrected chi connectivity index (χ1v) is 7.53. The number of rotatable bonds is 5. The van der Waals surface area contributed by atoms with Crippen molar-refractivity contribution in [2.45, 2.75) is 58.0 Å². The third-order valence-corrected chi connectivity index (χ3v) is 3.76. The van der Waals surface area contributed by atoms with Crippen LogP contribution in [0.3, 0.4) is 0 Å². The zero-order chi connectivity index (χ0) is 14.6. The average molecular weight is 275 g/mol. The fourth-order valence-electron chi connectivity index (χ4n) is 2.83. The molecule has 0 fully saturated rings. The highest BCUT2D eigenvalue weighted by Gasteiger charge is 2.32. The minimum absolute atomic E-state index is 0.0166. The van der Waals surface area contributed by atoms with Gasteiger partial charge in [-0.1, -0.05) is 37.6 Å². The summed E-state index contributed by atoms with van der Waals surface area (Å²) in [5.74, 6) is -0.108. The van der Waals surface area contributed by atoms with E-state index in [1.54, 1.807) is 0 Å². The molecule has 0 amide bonds. The van der Waals surface area contributed by atoms with Crippen molar-refractivity contribution in [3.8, 4) is 0 Å². The third-order valence-electron chi connectivity index (χ3n) is 3.76. The van der Waals surface area contributed by atoms with E-state index in [1.807, 2.05) is 6.07 Å². The molecule has 0 saturated heterocycles. The molecule has 1 atom stereocenters. The molecule has 1 aromatic carbocycles. The van der Waals surface area contributed by atoms with Crippen LogP contribution in [0.2, 0.25) is 0 Å². The summed E-state index contributed by atoms with van der Waals surface area (Å²) in [6.45, 7) is 6.99. The van der Waals surface area contributed by atoms with Gasteiger partial charge >= 0.3 is 5.97 Å². The fourth-order valence-corrected chi connectivity index (χ4v) is 2.83. The highest BCUT2D eigenvalue weighted by molar-refractivity contribution is 5.70. The maximum atomic E-state index is 11.9. The fraction of sp³-hybridized carbons (Fsp3) is 0.588. The van der Waals surface area contributed by atoms with Gasteiger partial charge in [0.25, 0.3) is 0 Å². The number of hydrogen-bond donors (Lipinski definition) is 1. The molecule has 20 heavy (non-hydrogen) atoms. The molecule has 0 radical (unpaired) electrons. The number of nitrogens with one attached hydrogen (secondary N) is 1. The number of unbranched alkanes of at least 4 members (excludes halogenated alkanes) is 1. The van der Waals surface area contributed by atoms with Gasteiger partial charge in [-0.2, -0.15) is 0 Å². The Bertz CT molecular complexity index is 468. The highest BCUT2D eigenvalue weighted by atomic mass is 16.5. The molecule has 110 valence electrons. The van der Waals surface area contributed by atoms with Gasteiger partial charge in [-0.15, -0.1) is 0 Å². The second kappa shape index (κ2) is 6.40. The molecule has 0 bridgehead atoms. The van der Waals surface area contributed by atoms with Gasteiger partial charge in [-0.05, 0) is 37.8 Å². The second-order valence-corrected chi connectivity index (χ2v) is 6.23. The van der Waals surface area contributed by atoms with Crippen LogP contribution < -0.4 is 5.32 Å². The normalized spacial score (nSPS) is 20.2. The van der Waals surface area contributed by atoms with Gasteiger partial charge in [-0.25, -0.2) is 0 Å².